The van der Waals surface area contributed by atoms with Crippen LogP contribution in [0.5, 0.6) is 5.75 Å². The second-order valence-corrected chi connectivity index (χ2v) is 5.50. The molecule has 0 unspecified atom stereocenters. The van der Waals surface area contributed by atoms with Crippen LogP contribution in [-0.2, 0) is 4.79 Å². The van der Waals surface area contributed by atoms with Crippen molar-refractivity contribution in [3.63, 3.8) is 0 Å². The van der Waals surface area contributed by atoms with Crippen LogP contribution < -0.4 is 10.1 Å². The number of anilines is 1. The third kappa shape index (κ3) is 4.10. The molecule has 0 spiro atoms. The topological polar surface area (TPSA) is 38.3 Å². The normalized spacial score (nSPS) is 11.8. The first-order valence-corrected chi connectivity index (χ1v) is 7.69. The lowest BCUT2D eigenvalue weighted by Crippen LogP contribution is -2.21. The van der Waals surface area contributed by atoms with Crippen LogP contribution in [0, 0.1) is 6.92 Å². The SMILES string of the molecule is CC[C@@H](C)c1ccccc1NC(=O)COc1ccccc1C. The Balaban J connectivity index is 1.99. The van der Waals surface area contributed by atoms with Crippen molar-refractivity contribution in [2.24, 2.45) is 0 Å². The molecule has 2 rings (SSSR count). The second-order valence-electron chi connectivity index (χ2n) is 5.50. The molecule has 1 atom stereocenters. The van der Waals surface area contributed by atoms with Gasteiger partial charge < -0.3 is 10.1 Å². The Labute approximate surface area is 132 Å². The van der Waals surface area contributed by atoms with Crippen LogP contribution in [0.4, 0.5) is 5.69 Å². The van der Waals surface area contributed by atoms with Crippen molar-refractivity contribution in [2.75, 3.05) is 11.9 Å². The third-order valence-corrected chi connectivity index (χ3v) is 3.83. The Kier molecular flexibility index (Phi) is 5.59. The first-order valence-electron chi connectivity index (χ1n) is 7.69. The number of hydrogen-bond acceptors (Lipinski definition) is 2. The molecule has 22 heavy (non-hydrogen) atoms. The Morgan fingerprint density at radius 2 is 1.82 bits per heavy atom. The molecule has 0 bridgehead atoms. The minimum atomic E-state index is -0.140. The van der Waals surface area contributed by atoms with Crippen molar-refractivity contribution in [1.82, 2.24) is 0 Å². The highest BCUT2D eigenvalue weighted by atomic mass is 16.5. The zero-order valence-electron chi connectivity index (χ0n) is 13.4. The van der Waals surface area contributed by atoms with Gasteiger partial charge in [-0.25, -0.2) is 0 Å². The van der Waals surface area contributed by atoms with Crippen LogP contribution in [-0.4, -0.2) is 12.5 Å². The van der Waals surface area contributed by atoms with Crippen LogP contribution in [0.1, 0.15) is 37.3 Å². The minimum absolute atomic E-state index is 0.0136. The molecule has 1 amide bonds. The van der Waals surface area contributed by atoms with Gasteiger partial charge in [-0.15, -0.1) is 0 Å². The van der Waals surface area contributed by atoms with E-state index in [-0.39, 0.29) is 12.5 Å². The summed E-state index contributed by atoms with van der Waals surface area (Å²) in [6.45, 7) is 6.28. The number of aryl methyl sites for hydroxylation is 1. The number of benzene rings is 2. The molecule has 0 radical (unpaired) electrons. The van der Waals surface area contributed by atoms with Gasteiger partial charge in [-0.2, -0.15) is 0 Å². The first kappa shape index (κ1) is 16.1. The van der Waals surface area contributed by atoms with Gasteiger partial charge in [0.15, 0.2) is 6.61 Å². The number of rotatable bonds is 6. The molecule has 0 aliphatic carbocycles. The summed E-state index contributed by atoms with van der Waals surface area (Å²) in [5.74, 6) is 1.01. The molecule has 1 N–H and O–H groups in total. The van der Waals surface area contributed by atoms with E-state index in [1.165, 1.54) is 0 Å². The first-order chi connectivity index (χ1) is 10.6. The van der Waals surface area contributed by atoms with Crippen molar-refractivity contribution in [3.8, 4) is 5.75 Å². The Morgan fingerprint density at radius 3 is 2.55 bits per heavy atom. The molecule has 3 nitrogen and oxygen atoms in total. The summed E-state index contributed by atoms with van der Waals surface area (Å²) in [6, 6.07) is 15.6. The van der Waals surface area contributed by atoms with E-state index in [1.54, 1.807) is 0 Å². The molecule has 0 fully saturated rings. The van der Waals surface area contributed by atoms with Crippen LogP contribution in [0.15, 0.2) is 48.5 Å². The van der Waals surface area contributed by atoms with Gasteiger partial charge in [0, 0.05) is 5.69 Å². The Hall–Kier alpha value is -2.29. The molecule has 0 saturated heterocycles. The monoisotopic (exact) mass is 297 g/mol. The summed E-state index contributed by atoms with van der Waals surface area (Å²) in [4.78, 5) is 12.1. The number of para-hydroxylation sites is 2. The van der Waals surface area contributed by atoms with Gasteiger partial charge in [-0.3, -0.25) is 4.79 Å². The molecule has 2 aromatic carbocycles. The van der Waals surface area contributed by atoms with Gasteiger partial charge in [0.25, 0.3) is 5.91 Å². The predicted octanol–water partition coefficient (Wildman–Crippen LogP) is 4.53. The lowest BCUT2D eigenvalue weighted by Gasteiger charge is -2.16. The van der Waals surface area contributed by atoms with Gasteiger partial charge in [0.1, 0.15) is 5.75 Å². The average molecular weight is 297 g/mol. The fraction of sp³-hybridized carbons (Fsp3) is 0.316. The van der Waals surface area contributed by atoms with E-state index in [1.807, 2.05) is 49.4 Å². The summed E-state index contributed by atoms with van der Waals surface area (Å²) in [7, 11) is 0. The number of carbonyl (C=O) groups excluding carboxylic acids is 1. The van der Waals surface area contributed by atoms with Crippen LogP contribution in [0.25, 0.3) is 0 Å². The molecule has 0 aromatic heterocycles. The van der Waals surface area contributed by atoms with Crippen molar-refractivity contribution >= 4 is 11.6 Å². The highest BCUT2D eigenvalue weighted by Gasteiger charge is 2.11. The molecule has 116 valence electrons. The van der Waals surface area contributed by atoms with E-state index < -0.39 is 0 Å². The molecular formula is C19H23NO2. The van der Waals surface area contributed by atoms with Crippen LogP contribution in [0.3, 0.4) is 0 Å². The largest absolute Gasteiger partial charge is 0.483 e. The maximum absolute atomic E-state index is 12.1. The number of hydrogen-bond donors (Lipinski definition) is 1. The van der Waals surface area contributed by atoms with Crippen molar-refractivity contribution < 1.29 is 9.53 Å². The Bertz CT molecular complexity index is 637. The molecule has 0 heterocycles. The average Bonchev–Trinajstić information content (AvgIpc) is 2.54. The quantitative estimate of drug-likeness (QED) is 0.851. The lowest BCUT2D eigenvalue weighted by atomic mass is 9.97. The van der Waals surface area contributed by atoms with Crippen LogP contribution in [0.2, 0.25) is 0 Å². The standard InChI is InChI=1S/C19H23NO2/c1-4-14(2)16-10-6-7-11-17(16)20-19(21)13-22-18-12-8-5-9-15(18)3/h5-12,14H,4,13H2,1-3H3,(H,20,21)/t14-/m1/s1. The van der Waals surface area contributed by atoms with E-state index >= 15 is 0 Å². The van der Waals surface area contributed by atoms with E-state index in [2.05, 4.69) is 25.2 Å². The van der Waals surface area contributed by atoms with E-state index in [4.69, 9.17) is 4.74 Å². The van der Waals surface area contributed by atoms with E-state index in [0.717, 1.165) is 29.0 Å². The van der Waals surface area contributed by atoms with Gasteiger partial charge in [0.2, 0.25) is 0 Å². The van der Waals surface area contributed by atoms with Crippen molar-refractivity contribution in [3.05, 3.63) is 59.7 Å². The zero-order valence-corrected chi connectivity index (χ0v) is 13.4. The second kappa shape index (κ2) is 7.64. The fourth-order valence-electron chi connectivity index (χ4n) is 2.31. The van der Waals surface area contributed by atoms with E-state index in [9.17, 15) is 4.79 Å². The summed E-state index contributed by atoms with van der Waals surface area (Å²) in [5.41, 5.74) is 3.06. The maximum Gasteiger partial charge on any atom is 0.262 e. The van der Waals surface area contributed by atoms with E-state index in [0.29, 0.717) is 5.92 Å². The number of ether oxygens (including phenoxy) is 1. The fourth-order valence-corrected chi connectivity index (χ4v) is 2.31. The number of nitrogens with one attached hydrogen (secondary N) is 1. The number of carbonyl (C=O) groups is 1. The predicted molar refractivity (Wildman–Crippen MR) is 90.5 cm³/mol. The zero-order chi connectivity index (χ0) is 15.9. The maximum atomic E-state index is 12.1. The number of amides is 1. The van der Waals surface area contributed by atoms with Crippen molar-refractivity contribution in [1.29, 1.82) is 0 Å². The summed E-state index contributed by atoms with van der Waals surface area (Å²) < 4.78 is 5.59. The van der Waals surface area contributed by atoms with Crippen LogP contribution >= 0.6 is 0 Å². The molecule has 3 heteroatoms. The molecule has 0 aliphatic heterocycles. The molecule has 2 aromatic rings. The summed E-state index contributed by atoms with van der Waals surface area (Å²) in [6.07, 6.45) is 1.03. The Morgan fingerprint density at radius 1 is 1.14 bits per heavy atom. The van der Waals surface area contributed by atoms with Gasteiger partial charge in [-0.05, 0) is 42.5 Å². The highest BCUT2D eigenvalue weighted by Crippen LogP contribution is 2.26. The van der Waals surface area contributed by atoms with Gasteiger partial charge in [-0.1, -0.05) is 50.2 Å². The summed E-state index contributed by atoms with van der Waals surface area (Å²) >= 11 is 0. The summed E-state index contributed by atoms with van der Waals surface area (Å²) in [5, 5.41) is 2.95. The molecule has 0 saturated carbocycles. The molecule has 0 aliphatic rings. The van der Waals surface area contributed by atoms with Gasteiger partial charge in [0.05, 0.1) is 0 Å². The molecular weight excluding hydrogens is 274 g/mol. The smallest absolute Gasteiger partial charge is 0.262 e. The highest BCUT2D eigenvalue weighted by molar-refractivity contribution is 5.92. The minimum Gasteiger partial charge on any atom is -0.483 e. The lowest BCUT2D eigenvalue weighted by molar-refractivity contribution is -0.118. The van der Waals surface area contributed by atoms with Gasteiger partial charge >= 0.3 is 0 Å². The van der Waals surface area contributed by atoms with Crippen molar-refractivity contribution in [2.45, 2.75) is 33.1 Å². The third-order valence-electron chi connectivity index (χ3n) is 3.83.